The van der Waals surface area contributed by atoms with E-state index < -0.39 is 12.1 Å². The van der Waals surface area contributed by atoms with Crippen LogP contribution in [0.1, 0.15) is 386 Å². The molecule has 0 bridgehead atoms. The second-order valence-corrected chi connectivity index (χ2v) is 23.6. The Bertz CT molecular complexity index is 1130. The van der Waals surface area contributed by atoms with E-state index in [1.807, 2.05) is 6.08 Å². The van der Waals surface area contributed by atoms with Crippen molar-refractivity contribution < 1.29 is 15.0 Å². The first-order chi connectivity index (χ1) is 36.7. The van der Waals surface area contributed by atoms with E-state index in [9.17, 15) is 15.0 Å². The highest BCUT2D eigenvalue weighted by molar-refractivity contribution is 5.76. The van der Waals surface area contributed by atoms with Gasteiger partial charge in [0.1, 0.15) is 0 Å². The van der Waals surface area contributed by atoms with E-state index >= 15 is 0 Å². The Labute approximate surface area is 465 Å². The zero-order chi connectivity index (χ0) is 53.4. The van der Waals surface area contributed by atoms with Gasteiger partial charge in [-0.1, -0.05) is 365 Å². The molecule has 0 aliphatic heterocycles. The van der Waals surface area contributed by atoms with Crippen LogP contribution in [-0.2, 0) is 4.79 Å². The Morgan fingerprint density at radius 3 is 0.811 bits per heavy atom. The number of aliphatic hydroxyl groups excluding tert-OH is 2. The predicted octanol–water partition coefficient (Wildman–Crippen LogP) is 23.2. The van der Waals surface area contributed by atoms with E-state index in [-0.39, 0.29) is 12.5 Å². The van der Waals surface area contributed by atoms with Gasteiger partial charge in [-0.05, 0) is 51.4 Å². The van der Waals surface area contributed by atoms with E-state index in [1.165, 1.54) is 334 Å². The summed E-state index contributed by atoms with van der Waals surface area (Å²) in [7, 11) is 0. The lowest BCUT2D eigenvalue weighted by Crippen LogP contribution is -2.45. The summed E-state index contributed by atoms with van der Waals surface area (Å²) in [5, 5.41) is 23.3. The Kier molecular flexibility index (Phi) is 64.7. The normalized spacial score (nSPS) is 12.9. The number of carbonyl (C=O) groups excluding carboxylic acids is 1. The molecule has 0 aromatic rings. The summed E-state index contributed by atoms with van der Waals surface area (Å²) < 4.78 is 0. The fraction of sp³-hybridized carbons (Fsp3) is 0.900. The van der Waals surface area contributed by atoms with E-state index in [0.29, 0.717) is 6.42 Å². The standard InChI is InChI=1S/C70H135NO3/c1-3-5-7-9-11-13-15-17-19-21-23-25-27-29-31-32-33-34-35-36-37-38-40-42-44-46-48-50-52-54-56-58-60-62-64-66-70(74)71-68(67-72)69(73)65-63-61-59-57-55-53-51-49-47-45-43-41-39-30-28-26-24-22-20-18-16-14-12-10-8-6-4-2/h15,17,21,23,63,65,68-69,72-73H,3-14,16,18-20,22,24-62,64,66-67H2,1-2H3,(H,71,74)/b17-15-,23-21-,65-63+. The minimum absolute atomic E-state index is 0.0554. The van der Waals surface area contributed by atoms with Crippen molar-refractivity contribution >= 4 is 5.91 Å². The number of allylic oxidation sites excluding steroid dienone is 5. The molecule has 0 aliphatic rings. The Hall–Kier alpha value is -1.39. The molecule has 4 nitrogen and oxygen atoms in total. The molecule has 0 aromatic carbocycles. The molecule has 0 saturated carbocycles. The number of aliphatic hydroxyl groups is 2. The van der Waals surface area contributed by atoms with Gasteiger partial charge in [-0.3, -0.25) is 4.79 Å². The Morgan fingerprint density at radius 2 is 0.554 bits per heavy atom. The number of hydrogen-bond donors (Lipinski definition) is 3. The highest BCUT2D eigenvalue weighted by Gasteiger charge is 2.18. The molecule has 0 heterocycles. The quantitative estimate of drug-likeness (QED) is 0.0420. The van der Waals surface area contributed by atoms with Crippen molar-refractivity contribution in [2.24, 2.45) is 0 Å². The smallest absolute Gasteiger partial charge is 0.220 e. The average molecular weight is 1040 g/mol. The second kappa shape index (κ2) is 65.9. The summed E-state index contributed by atoms with van der Waals surface area (Å²) in [5.41, 5.74) is 0. The van der Waals surface area contributed by atoms with Crippen LogP contribution >= 0.6 is 0 Å². The first-order valence-electron chi connectivity index (χ1n) is 34.2. The van der Waals surface area contributed by atoms with Crippen molar-refractivity contribution in [1.82, 2.24) is 5.32 Å². The number of hydrogen-bond acceptors (Lipinski definition) is 3. The Balaban J connectivity index is 3.41. The first-order valence-corrected chi connectivity index (χ1v) is 34.2. The maximum atomic E-state index is 12.5. The van der Waals surface area contributed by atoms with Gasteiger partial charge in [0.15, 0.2) is 0 Å². The third-order valence-corrected chi connectivity index (χ3v) is 16.1. The van der Waals surface area contributed by atoms with Crippen molar-refractivity contribution in [3.63, 3.8) is 0 Å². The molecule has 74 heavy (non-hydrogen) atoms. The maximum Gasteiger partial charge on any atom is 0.220 e. The molecular weight excluding hydrogens is 903 g/mol. The number of unbranched alkanes of at least 4 members (excludes halogenated alkanes) is 53. The fourth-order valence-corrected chi connectivity index (χ4v) is 10.9. The fourth-order valence-electron chi connectivity index (χ4n) is 10.9. The SMILES string of the molecule is CCCCCCC/C=C\C/C=C\CCCCCCCCCCCCCCCCCCCCCCCCCC(=O)NC(CO)C(O)/C=C/CCCCCCCCCCCCCCCCCCCCCCCCCCC. The Morgan fingerprint density at radius 1 is 0.324 bits per heavy atom. The lowest BCUT2D eigenvalue weighted by Gasteiger charge is -2.20. The molecule has 3 N–H and O–H groups in total. The molecule has 0 aromatic heterocycles. The van der Waals surface area contributed by atoms with Crippen molar-refractivity contribution in [1.29, 1.82) is 0 Å². The molecule has 0 radical (unpaired) electrons. The van der Waals surface area contributed by atoms with E-state index in [4.69, 9.17) is 0 Å². The molecule has 438 valence electrons. The van der Waals surface area contributed by atoms with Crippen LogP contribution in [0.15, 0.2) is 36.5 Å². The van der Waals surface area contributed by atoms with Gasteiger partial charge >= 0.3 is 0 Å². The van der Waals surface area contributed by atoms with Crippen molar-refractivity contribution in [2.45, 2.75) is 398 Å². The summed E-state index contributed by atoms with van der Waals surface area (Å²) in [4.78, 5) is 12.5. The molecule has 4 heteroatoms. The average Bonchev–Trinajstić information content (AvgIpc) is 3.40. The molecule has 0 aliphatic carbocycles. The van der Waals surface area contributed by atoms with Crippen LogP contribution in [0.25, 0.3) is 0 Å². The largest absolute Gasteiger partial charge is 0.394 e. The minimum atomic E-state index is -0.839. The van der Waals surface area contributed by atoms with Gasteiger partial charge in [0.05, 0.1) is 18.8 Å². The predicted molar refractivity (Wildman–Crippen MR) is 332 cm³/mol. The van der Waals surface area contributed by atoms with Crippen LogP contribution in [0.3, 0.4) is 0 Å². The van der Waals surface area contributed by atoms with Crippen LogP contribution in [-0.4, -0.2) is 34.9 Å². The first kappa shape index (κ1) is 72.6. The molecular formula is C70H135NO3. The van der Waals surface area contributed by atoms with E-state index in [2.05, 4.69) is 43.5 Å². The molecule has 0 spiro atoms. The van der Waals surface area contributed by atoms with Crippen LogP contribution in [0.5, 0.6) is 0 Å². The van der Waals surface area contributed by atoms with E-state index in [1.54, 1.807) is 6.08 Å². The van der Waals surface area contributed by atoms with Gasteiger partial charge in [0.25, 0.3) is 0 Å². The van der Waals surface area contributed by atoms with E-state index in [0.717, 1.165) is 32.1 Å². The van der Waals surface area contributed by atoms with Crippen molar-refractivity contribution in [2.75, 3.05) is 6.61 Å². The second-order valence-electron chi connectivity index (χ2n) is 23.6. The monoisotopic (exact) mass is 1040 g/mol. The van der Waals surface area contributed by atoms with Crippen LogP contribution in [0, 0.1) is 0 Å². The van der Waals surface area contributed by atoms with Crippen molar-refractivity contribution in [3.05, 3.63) is 36.5 Å². The molecule has 2 unspecified atom stereocenters. The summed E-state index contributed by atoms with van der Waals surface area (Å²) in [6, 6.07) is -0.622. The van der Waals surface area contributed by atoms with Gasteiger partial charge in [0.2, 0.25) is 5.91 Å². The topological polar surface area (TPSA) is 69.6 Å². The lowest BCUT2D eigenvalue weighted by atomic mass is 10.0. The summed E-state index contributed by atoms with van der Waals surface area (Å²) in [6.07, 6.45) is 90.8. The molecule has 0 saturated heterocycles. The van der Waals surface area contributed by atoms with Gasteiger partial charge in [-0.15, -0.1) is 0 Å². The maximum absolute atomic E-state index is 12.5. The zero-order valence-corrected chi connectivity index (χ0v) is 50.6. The molecule has 0 rings (SSSR count). The van der Waals surface area contributed by atoms with Crippen LogP contribution in [0.2, 0.25) is 0 Å². The molecule has 1 amide bonds. The molecule has 0 fully saturated rings. The number of carbonyl (C=O) groups is 1. The number of nitrogens with one attached hydrogen (secondary N) is 1. The number of rotatable bonds is 64. The zero-order valence-electron chi connectivity index (χ0n) is 50.6. The summed E-state index contributed by atoms with van der Waals surface area (Å²) in [5.74, 6) is -0.0554. The third-order valence-electron chi connectivity index (χ3n) is 16.1. The van der Waals surface area contributed by atoms with Crippen molar-refractivity contribution in [3.8, 4) is 0 Å². The highest BCUT2D eigenvalue weighted by Crippen LogP contribution is 2.19. The minimum Gasteiger partial charge on any atom is -0.394 e. The van der Waals surface area contributed by atoms with Gasteiger partial charge in [-0.25, -0.2) is 0 Å². The van der Waals surface area contributed by atoms with Gasteiger partial charge in [-0.2, -0.15) is 0 Å². The summed E-state index contributed by atoms with van der Waals surface area (Å²) >= 11 is 0. The highest BCUT2D eigenvalue weighted by atomic mass is 16.3. The lowest BCUT2D eigenvalue weighted by molar-refractivity contribution is -0.123. The summed E-state index contributed by atoms with van der Waals surface area (Å²) in [6.45, 7) is 4.34. The van der Waals surface area contributed by atoms with Gasteiger partial charge < -0.3 is 15.5 Å². The molecule has 2 atom stereocenters. The van der Waals surface area contributed by atoms with Gasteiger partial charge in [0, 0.05) is 6.42 Å². The van der Waals surface area contributed by atoms with Crippen LogP contribution < -0.4 is 5.32 Å². The third kappa shape index (κ3) is 61.5. The number of amides is 1. The van der Waals surface area contributed by atoms with Crippen LogP contribution in [0.4, 0.5) is 0 Å².